The first-order chi connectivity index (χ1) is 26.3. The van der Waals surface area contributed by atoms with Crippen LogP contribution in [0.3, 0.4) is 0 Å². The van der Waals surface area contributed by atoms with Crippen LogP contribution in [0.1, 0.15) is 96.1 Å². The summed E-state index contributed by atoms with van der Waals surface area (Å²) in [6.45, 7) is 15.7. The normalized spacial score (nSPS) is 20.4. The Morgan fingerprint density at radius 3 is 2.12 bits per heavy atom. The Hall–Kier alpha value is -3.13. The number of carbonyl (C=O) groups is 2. The number of methoxy groups -OCH3 is 1. The van der Waals surface area contributed by atoms with Crippen LogP contribution in [0, 0.1) is 17.0 Å². The van der Waals surface area contributed by atoms with Crippen molar-refractivity contribution in [3.63, 3.8) is 0 Å². The number of hydrogen-bond acceptors (Lipinski definition) is 10. The van der Waals surface area contributed by atoms with Crippen LogP contribution in [0.5, 0.6) is 5.75 Å². The zero-order chi connectivity index (χ0) is 42.7. The highest BCUT2D eigenvalue weighted by Gasteiger charge is 2.60. The van der Waals surface area contributed by atoms with Gasteiger partial charge in [0.05, 0.1) is 52.8 Å². The number of phosphoric ester groups is 1. The van der Waals surface area contributed by atoms with Gasteiger partial charge in [0.2, 0.25) is 5.91 Å². The molecule has 57 heavy (non-hydrogen) atoms. The molecule has 1 heterocycles. The lowest BCUT2D eigenvalue weighted by Crippen LogP contribution is -2.54. The molecule has 11 nitrogen and oxygen atoms in total. The molecule has 1 fully saturated rings. The van der Waals surface area contributed by atoms with Gasteiger partial charge in [-0.1, -0.05) is 62.2 Å². The van der Waals surface area contributed by atoms with Gasteiger partial charge < -0.3 is 25.4 Å². The van der Waals surface area contributed by atoms with Crippen molar-refractivity contribution in [1.29, 1.82) is 0 Å². The predicted octanol–water partition coefficient (Wildman–Crippen LogP) is 9.81. The maximum absolute atomic E-state index is 16.1. The molecule has 3 N–H and O–H groups in total. The van der Waals surface area contributed by atoms with Crippen LogP contribution in [-0.4, -0.2) is 62.5 Å². The van der Waals surface area contributed by atoms with E-state index in [1.807, 2.05) is 20.8 Å². The van der Waals surface area contributed by atoms with Gasteiger partial charge in [-0.05, 0) is 102 Å². The van der Waals surface area contributed by atoms with E-state index in [1.54, 1.807) is 66.8 Å². The topological polar surface area (TPSA) is 133 Å². The number of halogens is 4. The maximum Gasteiger partial charge on any atom is 0.475 e. The zero-order valence-corrected chi connectivity index (χ0v) is 36.7. The van der Waals surface area contributed by atoms with Gasteiger partial charge >= 0.3 is 13.8 Å². The summed E-state index contributed by atoms with van der Waals surface area (Å²) in [5, 5.41) is 9.63. The minimum absolute atomic E-state index is 0.0837. The molecule has 4 atom stereocenters. The first-order valence-corrected chi connectivity index (χ1v) is 20.7. The number of hydrogen-bond donors (Lipinski definition) is 3. The number of amides is 1. The van der Waals surface area contributed by atoms with E-state index in [1.165, 1.54) is 43.5 Å². The maximum atomic E-state index is 16.1. The third-order valence-electron chi connectivity index (χ3n) is 8.99. The van der Waals surface area contributed by atoms with Crippen LogP contribution in [0.25, 0.3) is 0 Å². The molecule has 0 aromatic heterocycles. The second-order valence-electron chi connectivity index (χ2n) is 17.1. The predicted molar refractivity (Wildman–Crippen MR) is 218 cm³/mol. The number of nitrogens with one attached hydrogen (secondary N) is 3. The Kier molecular flexibility index (Phi) is 14.7. The standard InChI is InChI=1S/C41H54Cl2F2N3O8P/c1-38(2,3)23-32-41(46-10,27-17-16-25(42)22-29(27)44)33(26-13-12-14-28(43)34(26)45)35(48-32)36(49)47-30-18-15-24(21-31(30)52-11)37(50)53-19-20-54-57(51,55-39(4,5)6)56-40(7,8)9/h12-18,21-22,32-33,35,46,48H,19-20,23H2,1-11H3,(H,47,49). The Balaban J connectivity index is 1.64. The van der Waals surface area contributed by atoms with Gasteiger partial charge in [0.25, 0.3) is 0 Å². The van der Waals surface area contributed by atoms with Crippen LogP contribution in [0.4, 0.5) is 14.5 Å². The number of carbonyl (C=O) groups excluding carboxylic acids is 2. The molecule has 0 radical (unpaired) electrons. The van der Waals surface area contributed by atoms with E-state index < -0.39 is 66.1 Å². The van der Waals surface area contributed by atoms with Gasteiger partial charge in [0.1, 0.15) is 24.0 Å². The summed E-state index contributed by atoms with van der Waals surface area (Å²) in [6, 6.07) is 11.3. The highest BCUT2D eigenvalue weighted by atomic mass is 35.5. The number of rotatable bonds is 14. The molecule has 3 aromatic rings. The highest BCUT2D eigenvalue weighted by Crippen LogP contribution is 2.55. The van der Waals surface area contributed by atoms with Crippen LogP contribution >= 0.6 is 31.0 Å². The molecule has 0 spiro atoms. The van der Waals surface area contributed by atoms with E-state index in [4.69, 9.17) is 46.2 Å². The number of anilines is 1. The molecule has 0 saturated carbocycles. The van der Waals surface area contributed by atoms with Crippen molar-refractivity contribution in [1.82, 2.24) is 10.6 Å². The number of benzene rings is 3. The van der Waals surface area contributed by atoms with Crippen molar-refractivity contribution in [2.45, 2.75) is 103 Å². The van der Waals surface area contributed by atoms with Crippen molar-refractivity contribution in [2.75, 3.05) is 32.7 Å². The lowest BCUT2D eigenvalue weighted by atomic mass is 9.67. The first kappa shape index (κ1) is 46.6. The SMILES string of the molecule is CNC1(c2ccc(Cl)cc2F)C(CC(C)(C)C)NC(C(=O)Nc2ccc(C(=O)OCCOP(=O)(OC(C)(C)C)OC(C)(C)C)cc2OC)C1c1cccc(Cl)c1F. The average Bonchev–Trinajstić information content (AvgIpc) is 3.39. The molecule has 1 aliphatic rings. The Labute approximate surface area is 344 Å². The van der Waals surface area contributed by atoms with E-state index in [0.717, 1.165) is 0 Å². The van der Waals surface area contributed by atoms with Gasteiger partial charge in [-0.15, -0.1) is 0 Å². The van der Waals surface area contributed by atoms with Gasteiger partial charge in [0, 0.05) is 22.5 Å². The summed E-state index contributed by atoms with van der Waals surface area (Å²) in [7, 11) is -1.02. The summed E-state index contributed by atoms with van der Waals surface area (Å²) >= 11 is 12.5. The molecule has 0 bridgehead atoms. The average molecular weight is 857 g/mol. The fourth-order valence-corrected chi connectivity index (χ4v) is 9.18. The fraction of sp³-hybridized carbons (Fsp3) is 0.512. The number of phosphoric acid groups is 1. The second kappa shape index (κ2) is 18.0. The van der Waals surface area contributed by atoms with Crippen LogP contribution in [0.15, 0.2) is 54.6 Å². The summed E-state index contributed by atoms with van der Waals surface area (Å²) in [5.74, 6) is -3.65. The minimum Gasteiger partial charge on any atom is -0.495 e. The molecule has 16 heteroatoms. The summed E-state index contributed by atoms with van der Waals surface area (Å²) < 4.78 is 73.1. The monoisotopic (exact) mass is 855 g/mol. The Bertz CT molecular complexity index is 1960. The zero-order valence-electron chi connectivity index (χ0n) is 34.3. The Morgan fingerprint density at radius 2 is 1.56 bits per heavy atom. The van der Waals surface area contributed by atoms with Crippen molar-refractivity contribution in [3.8, 4) is 5.75 Å². The largest absolute Gasteiger partial charge is 0.495 e. The van der Waals surface area contributed by atoms with Gasteiger partial charge in [-0.3, -0.25) is 18.4 Å². The molecular weight excluding hydrogens is 802 g/mol. The molecular formula is C41H54Cl2F2N3O8P. The molecule has 314 valence electrons. The van der Waals surface area contributed by atoms with Gasteiger partial charge in [-0.2, -0.15) is 0 Å². The van der Waals surface area contributed by atoms with Gasteiger partial charge in [-0.25, -0.2) is 18.1 Å². The Morgan fingerprint density at radius 1 is 0.912 bits per heavy atom. The third-order valence-corrected chi connectivity index (χ3v) is 11.6. The lowest BCUT2D eigenvalue weighted by Gasteiger charge is -2.43. The highest BCUT2D eigenvalue weighted by molar-refractivity contribution is 7.48. The van der Waals surface area contributed by atoms with E-state index >= 15 is 8.78 Å². The smallest absolute Gasteiger partial charge is 0.475 e. The third kappa shape index (κ3) is 11.5. The van der Waals surface area contributed by atoms with E-state index in [9.17, 15) is 14.2 Å². The molecule has 1 saturated heterocycles. The van der Waals surface area contributed by atoms with Crippen LogP contribution < -0.4 is 20.7 Å². The number of esters is 1. The minimum atomic E-state index is -4.02. The molecule has 4 unspecified atom stereocenters. The van der Waals surface area contributed by atoms with Crippen molar-refractivity contribution < 1.29 is 46.0 Å². The van der Waals surface area contributed by atoms with Gasteiger partial charge in [0.15, 0.2) is 0 Å². The van der Waals surface area contributed by atoms with Crippen molar-refractivity contribution in [3.05, 3.63) is 93.0 Å². The van der Waals surface area contributed by atoms with E-state index in [0.29, 0.717) is 6.42 Å². The van der Waals surface area contributed by atoms with E-state index in [-0.39, 0.29) is 56.8 Å². The summed E-state index contributed by atoms with van der Waals surface area (Å²) in [5.41, 5.74) is -2.84. The van der Waals surface area contributed by atoms with Crippen molar-refractivity contribution in [2.24, 2.45) is 5.41 Å². The fourth-order valence-electron chi connectivity index (χ4n) is 7.05. The molecule has 4 rings (SSSR count). The van der Waals surface area contributed by atoms with Crippen LogP contribution in [0.2, 0.25) is 10.0 Å². The number of likely N-dealkylation sites (N-methyl/N-ethyl adjacent to an activating group) is 1. The second-order valence-corrected chi connectivity index (χ2v) is 19.4. The summed E-state index contributed by atoms with van der Waals surface area (Å²) in [4.78, 5) is 27.6. The lowest BCUT2D eigenvalue weighted by molar-refractivity contribution is -0.118. The molecule has 0 aliphatic carbocycles. The molecule has 3 aromatic carbocycles. The van der Waals surface area contributed by atoms with Crippen molar-refractivity contribution >= 4 is 48.6 Å². The van der Waals surface area contributed by atoms with Crippen LogP contribution in [-0.2, 0) is 33.2 Å². The molecule has 1 amide bonds. The quantitative estimate of drug-likeness (QED) is 0.0818. The molecule has 1 aliphatic heterocycles. The first-order valence-electron chi connectivity index (χ1n) is 18.5. The number of ether oxygens (including phenoxy) is 2. The van der Waals surface area contributed by atoms with E-state index in [2.05, 4.69) is 16.0 Å². The summed E-state index contributed by atoms with van der Waals surface area (Å²) in [6.07, 6.45) is 0.439.